The minimum Gasteiger partial charge on any atom is -0.372 e. The highest BCUT2D eigenvalue weighted by Gasteiger charge is 2.09. The normalized spacial score (nSPS) is 13.8. The van der Waals surface area contributed by atoms with E-state index in [1.807, 2.05) is 24.3 Å². The Balaban J connectivity index is 1.93. The van der Waals surface area contributed by atoms with Crippen LogP contribution in [0, 0.1) is 0 Å². The summed E-state index contributed by atoms with van der Waals surface area (Å²) in [6.45, 7) is 6.20. The van der Waals surface area contributed by atoms with Gasteiger partial charge in [0.05, 0.1) is 0 Å². The number of nitrogens with one attached hydrogen (secondary N) is 2. The van der Waals surface area contributed by atoms with Gasteiger partial charge in [0.25, 0.3) is 5.91 Å². The predicted molar refractivity (Wildman–Crippen MR) is 82.5 cm³/mol. The fourth-order valence-electron chi connectivity index (χ4n) is 2.41. The minimum absolute atomic E-state index is 0.0936. The van der Waals surface area contributed by atoms with Gasteiger partial charge in [-0.25, -0.2) is 0 Å². The van der Waals surface area contributed by atoms with E-state index in [1.54, 1.807) is 0 Å². The number of rotatable bonds is 6. The molecule has 2 N–H and O–H groups in total. The molecule has 0 heterocycles. The highest BCUT2D eigenvalue weighted by Crippen LogP contribution is 2.15. The van der Waals surface area contributed by atoms with Crippen LogP contribution in [0.2, 0.25) is 0 Å². The van der Waals surface area contributed by atoms with Gasteiger partial charge in [-0.05, 0) is 57.4 Å². The summed E-state index contributed by atoms with van der Waals surface area (Å²) < 4.78 is 0. The molecule has 0 aliphatic heterocycles. The summed E-state index contributed by atoms with van der Waals surface area (Å²) in [5, 5.41) is 0. The van der Waals surface area contributed by atoms with Crippen molar-refractivity contribution in [1.29, 1.82) is 0 Å². The van der Waals surface area contributed by atoms with Crippen molar-refractivity contribution in [3.05, 3.63) is 41.6 Å². The Morgan fingerprint density at radius 1 is 1.20 bits per heavy atom. The maximum absolute atomic E-state index is 12.0. The molecule has 0 bridgehead atoms. The summed E-state index contributed by atoms with van der Waals surface area (Å²) in [6.07, 6.45) is 5.40. The van der Waals surface area contributed by atoms with Crippen LogP contribution in [0.5, 0.6) is 0 Å². The fraction of sp³-hybridized carbons (Fsp3) is 0.438. The van der Waals surface area contributed by atoms with E-state index in [0.29, 0.717) is 5.56 Å². The van der Waals surface area contributed by atoms with Gasteiger partial charge in [-0.1, -0.05) is 6.08 Å². The molecule has 0 saturated heterocycles. The first-order chi connectivity index (χ1) is 9.74. The van der Waals surface area contributed by atoms with Crippen LogP contribution in [0.1, 0.15) is 43.5 Å². The Bertz CT molecular complexity index is 475. The lowest BCUT2D eigenvalue weighted by Crippen LogP contribution is -2.36. The van der Waals surface area contributed by atoms with E-state index < -0.39 is 0 Å². The molecule has 108 valence electrons. The minimum atomic E-state index is -0.0936. The summed E-state index contributed by atoms with van der Waals surface area (Å²) in [5.41, 5.74) is 8.67. The van der Waals surface area contributed by atoms with E-state index in [-0.39, 0.29) is 5.91 Å². The fourth-order valence-corrected chi connectivity index (χ4v) is 2.41. The van der Waals surface area contributed by atoms with Gasteiger partial charge in [0, 0.05) is 30.0 Å². The van der Waals surface area contributed by atoms with Crippen molar-refractivity contribution >= 4 is 11.6 Å². The largest absolute Gasteiger partial charge is 0.372 e. The molecular weight excluding hydrogens is 250 g/mol. The molecule has 1 aliphatic rings. The number of carbonyl (C=O) groups is 1. The summed E-state index contributed by atoms with van der Waals surface area (Å²) in [7, 11) is 0. The molecule has 0 radical (unpaired) electrons. The zero-order valence-corrected chi connectivity index (χ0v) is 12.3. The molecule has 0 spiro atoms. The second-order valence-electron chi connectivity index (χ2n) is 4.92. The van der Waals surface area contributed by atoms with Gasteiger partial charge < -0.3 is 10.3 Å². The average Bonchev–Trinajstić information content (AvgIpc) is 3.00. The highest BCUT2D eigenvalue weighted by atomic mass is 16.2. The molecule has 4 nitrogen and oxygen atoms in total. The van der Waals surface area contributed by atoms with Crippen molar-refractivity contribution in [3.63, 3.8) is 0 Å². The van der Waals surface area contributed by atoms with Crippen molar-refractivity contribution < 1.29 is 4.79 Å². The molecule has 0 saturated carbocycles. The molecule has 20 heavy (non-hydrogen) atoms. The van der Waals surface area contributed by atoms with E-state index in [0.717, 1.165) is 43.7 Å². The Morgan fingerprint density at radius 2 is 1.90 bits per heavy atom. The Morgan fingerprint density at radius 3 is 2.45 bits per heavy atom. The maximum Gasteiger partial charge on any atom is 0.269 e. The second-order valence-corrected chi connectivity index (χ2v) is 4.92. The van der Waals surface area contributed by atoms with Crippen LogP contribution in [0.3, 0.4) is 0 Å². The topological polar surface area (TPSA) is 44.4 Å². The van der Waals surface area contributed by atoms with Gasteiger partial charge in [-0.15, -0.1) is 0 Å². The van der Waals surface area contributed by atoms with Crippen molar-refractivity contribution in [1.82, 2.24) is 10.9 Å². The third kappa shape index (κ3) is 3.53. The quantitative estimate of drug-likeness (QED) is 0.783. The predicted octanol–water partition coefficient (Wildman–Crippen LogP) is 2.84. The third-order valence-corrected chi connectivity index (χ3v) is 3.64. The Labute approximate surface area is 120 Å². The molecule has 1 amide bonds. The monoisotopic (exact) mass is 273 g/mol. The van der Waals surface area contributed by atoms with Crippen molar-refractivity contribution in [2.24, 2.45) is 0 Å². The lowest BCUT2D eigenvalue weighted by atomic mass is 10.2. The summed E-state index contributed by atoms with van der Waals surface area (Å²) >= 11 is 0. The molecule has 1 aromatic rings. The number of allylic oxidation sites excluding steroid dienone is 2. The standard InChI is InChI=1S/C16H23N3O/c1-3-19(4-2)15-11-9-13(10-12-15)16(20)18-17-14-7-5-6-8-14/h7,9-12,17H,3-6,8H2,1-2H3,(H,18,20). The number of amides is 1. The van der Waals surface area contributed by atoms with E-state index in [2.05, 4.69) is 35.7 Å². The smallest absolute Gasteiger partial charge is 0.269 e. The SMILES string of the molecule is CCN(CC)c1ccc(C(=O)NNC2=CCCC2)cc1. The molecule has 1 aromatic carbocycles. The van der Waals surface area contributed by atoms with Gasteiger partial charge in [0.1, 0.15) is 0 Å². The number of hydrogen-bond acceptors (Lipinski definition) is 3. The molecule has 0 fully saturated rings. The van der Waals surface area contributed by atoms with Gasteiger partial charge in [0.15, 0.2) is 0 Å². The van der Waals surface area contributed by atoms with E-state index >= 15 is 0 Å². The molecule has 2 rings (SSSR count). The number of carbonyl (C=O) groups excluding carboxylic acids is 1. The molecule has 0 aromatic heterocycles. The van der Waals surface area contributed by atoms with Crippen LogP contribution >= 0.6 is 0 Å². The summed E-state index contributed by atoms with van der Waals surface area (Å²) in [6, 6.07) is 7.73. The number of nitrogens with zero attached hydrogens (tertiary/aromatic N) is 1. The molecule has 4 heteroatoms. The lowest BCUT2D eigenvalue weighted by Gasteiger charge is -2.21. The molecule has 0 atom stereocenters. The Kier molecular flexibility index (Phi) is 5.04. The van der Waals surface area contributed by atoms with Crippen LogP contribution in [0.15, 0.2) is 36.0 Å². The van der Waals surface area contributed by atoms with Crippen molar-refractivity contribution in [2.75, 3.05) is 18.0 Å². The second kappa shape index (κ2) is 6.98. The van der Waals surface area contributed by atoms with Gasteiger partial charge >= 0.3 is 0 Å². The number of hydrazine groups is 1. The van der Waals surface area contributed by atoms with E-state index in [9.17, 15) is 4.79 Å². The van der Waals surface area contributed by atoms with Crippen LogP contribution in [0.4, 0.5) is 5.69 Å². The third-order valence-electron chi connectivity index (χ3n) is 3.64. The zero-order chi connectivity index (χ0) is 14.4. The average molecular weight is 273 g/mol. The molecule has 1 aliphatic carbocycles. The van der Waals surface area contributed by atoms with Crippen LogP contribution in [-0.4, -0.2) is 19.0 Å². The number of anilines is 1. The first-order valence-corrected chi connectivity index (χ1v) is 7.35. The van der Waals surface area contributed by atoms with Gasteiger partial charge in [0.2, 0.25) is 0 Å². The van der Waals surface area contributed by atoms with E-state index in [1.165, 1.54) is 0 Å². The van der Waals surface area contributed by atoms with Crippen LogP contribution < -0.4 is 15.8 Å². The van der Waals surface area contributed by atoms with E-state index in [4.69, 9.17) is 0 Å². The van der Waals surface area contributed by atoms with Crippen LogP contribution in [0.25, 0.3) is 0 Å². The Hall–Kier alpha value is -1.97. The molecular formula is C16H23N3O. The van der Waals surface area contributed by atoms with Crippen molar-refractivity contribution in [3.8, 4) is 0 Å². The number of benzene rings is 1. The maximum atomic E-state index is 12.0. The molecule has 0 unspecified atom stereocenters. The van der Waals surface area contributed by atoms with Gasteiger partial charge in [-0.3, -0.25) is 10.2 Å². The highest BCUT2D eigenvalue weighted by molar-refractivity contribution is 5.94. The van der Waals surface area contributed by atoms with Crippen LogP contribution in [-0.2, 0) is 0 Å². The van der Waals surface area contributed by atoms with Crippen molar-refractivity contribution in [2.45, 2.75) is 33.1 Å². The zero-order valence-electron chi connectivity index (χ0n) is 12.3. The first-order valence-electron chi connectivity index (χ1n) is 7.35. The summed E-state index contributed by atoms with van der Waals surface area (Å²) in [5.74, 6) is -0.0936. The number of hydrogen-bond donors (Lipinski definition) is 2. The van der Waals surface area contributed by atoms with Gasteiger partial charge in [-0.2, -0.15) is 0 Å². The lowest BCUT2D eigenvalue weighted by molar-refractivity contribution is 0.0938. The summed E-state index contributed by atoms with van der Waals surface area (Å²) in [4.78, 5) is 14.3. The first kappa shape index (κ1) is 14.4.